The van der Waals surface area contributed by atoms with Crippen LogP contribution in [-0.4, -0.2) is 23.9 Å². The Balaban J connectivity index is 1.64. The molecule has 0 radical (unpaired) electrons. The minimum absolute atomic E-state index is 0.129. The second-order valence-corrected chi connectivity index (χ2v) is 10.2. The first-order chi connectivity index (χ1) is 24.9. The van der Waals surface area contributed by atoms with E-state index < -0.39 is 35.5 Å². The Bertz CT molecular complexity index is 2190. The normalized spacial score (nSPS) is 9.96. The summed E-state index contributed by atoms with van der Waals surface area (Å²) in [4.78, 5) is 47.3. The first-order valence-corrected chi connectivity index (χ1v) is 15.0. The highest BCUT2D eigenvalue weighted by atomic mass is 19.1. The summed E-state index contributed by atoms with van der Waals surface area (Å²) in [6.45, 7) is 12.6. The number of ether oxygens (including phenoxy) is 4. The summed E-state index contributed by atoms with van der Waals surface area (Å²) in [5, 5.41) is 0. The SMILES string of the molecule is C=CC(=O)Oc1ccc(C#Cc2c(OC(=O)C(=C)F)cc(C#Cc3ccc(/C=C/c4ccc(OC(=O)C=C)cc4)cc3)cc2OC(=O)C(=C)F)cc1. The summed E-state index contributed by atoms with van der Waals surface area (Å²) in [6.07, 6.45) is 5.81. The van der Waals surface area contributed by atoms with E-state index >= 15 is 0 Å². The minimum Gasteiger partial charge on any atom is -0.423 e. The summed E-state index contributed by atoms with van der Waals surface area (Å²) in [7, 11) is 0. The molecule has 0 atom stereocenters. The fraction of sp³-hybridized carbons (Fsp3) is 0. The van der Waals surface area contributed by atoms with Crippen molar-refractivity contribution in [2.75, 3.05) is 0 Å². The summed E-state index contributed by atoms with van der Waals surface area (Å²) < 4.78 is 47.8. The van der Waals surface area contributed by atoms with E-state index in [1.54, 1.807) is 36.4 Å². The van der Waals surface area contributed by atoms with Gasteiger partial charge in [0, 0.05) is 28.8 Å². The number of benzene rings is 4. The zero-order valence-electron chi connectivity index (χ0n) is 27.2. The van der Waals surface area contributed by atoms with E-state index in [9.17, 15) is 28.0 Å². The Morgan fingerprint density at radius 2 is 0.885 bits per heavy atom. The van der Waals surface area contributed by atoms with Crippen LogP contribution in [0.5, 0.6) is 23.0 Å². The lowest BCUT2D eigenvalue weighted by Gasteiger charge is -2.11. The lowest BCUT2D eigenvalue weighted by atomic mass is 10.1. The minimum atomic E-state index is -1.45. The second-order valence-electron chi connectivity index (χ2n) is 10.2. The molecule has 8 nitrogen and oxygen atoms in total. The van der Waals surface area contributed by atoms with Crippen molar-refractivity contribution in [2.45, 2.75) is 0 Å². The molecule has 4 rings (SSSR count). The number of hydrogen-bond acceptors (Lipinski definition) is 8. The van der Waals surface area contributed by atoms with Gasteiger partial charge in [-0.25, -0.2) is 19.2 Å². The third-order valence-corrected chi connectivity index (χ3v) is 6.48. The standard InChI is InChI=1S/C42H26F2O8/c1-5-39(45)49-34-20-15-31(16-21-34)12-11-29-7-9-30(10-8-29)13-14-33-25-37(51-41(47)27(3)43)36(38(26-33)52-42(48)28(4)44)24-19-32-17-22-35(23-18-32)50-40(46)6-2/h5-12,15-18,20-23,25-26H,1-4H2/b12-11+. The Hall–Kier alpha value is -7.56. The molecule has 0 aliphatic rings. The zero-order valence-corrected chi connectivity index (χ0v) is 27.2. The van der Waals surface area contributed by atoms with Crippen molar-refractivity contribution in [3.63, 3.8) is 0 Å². The van der Waals surface area contributed by atoms with Crippen LogP contribution in [0.1, 0.15) is 33.4 Å². The molecule has 0 bridgehead atoms. The Labute approximate surface area is 297 Å². The number of carbonyl (C=O) groups is 4. The molecule has 0 N–H and O–H groups in total. The van der Waals surface area contributed by atoms with Crippen LogP contribution in [0.3, 0.4) is 0 Å². The van der Waals surface area contributed by atoms with Gasteiger partial charge in [0.05, 0.1) is 0 Å². The maximum Gasteiger partial charge on any atom is 0.371 e. The quantitative estimate of drug-likeness (QED) is 0.0549. The van der Waals surface area contributed by atoms with Crippen LogP contribution in [0.2, 0.25) is 0 Å². The van der Waals surface area contributed by atoms with Crippen LogP contribution in [0.15, 0.2) is 135 Å². The maximum atomic E-state index is 13.7. The lowest BCUT2D eigenvalue weighted by Crippen LogP contribution is -2.12. The Morgan fingerprint density at radius 1 is 0.519 bits per heavy atom. The van der Waals surface area contributed by atoms with E-state index in [0.29, 0.717) is 16.9 Å². The molecular weight excluding hydrogens is 670 g/mol. The molecule has 0 aromatic heterocycles. The highest BCUT2D eigenvalue weighted by Crippen LogP contribution is 2.32. The van der Waals surface area contributed by atoms with Gasteiger partial charge in [-0.05, 0) is 71.8 Å². The van der Waals surface area contributed by atoms with E-state index in [1.165, 1.54) is 36.4 Å². The maximum absolute atomic E-state index is 13.7. The number of rotatable bonds is 10. The van der Waals surface area contributed by atoms with E-state index in [1.807, 2.05) is 24.3 Å². The molecule has 0 unspecified atom stereocenters. The van der Waals surface area contributed by atoms with Gasteiger partial charge in [0.25, 0.3) is 0 Å². The zero-order chi connectivity index (χ0) is 37.6. The molecule has 0 saturated carbocycles. The van der Waals surface area contributed by atoms with Gasteiger partial charge in [-0.1, -0.05) is 86.4 Å². The molecule has 0 spiro atoms. The monoisotopic (exact) mass is 696 g/mol. The van der Waals surface area contributed by atoms with Crippen LogP contribution in [0.4, 0.5) is 8.78 Å². The molecule has 4 aromatic carbocycles. The summed E-state index contributed by atoms with van der Waals surface area (Å²) in [5.74, 6) is 4.16. The molecule has 4 aromatic rings. The van der Waals surface area contributed by atoms with Crippen molar-refractivity contribution >= 4 is 36.0 Å². The average molecular weight is 697 g/mol. The van der Waals surface area contributed by atoms with Gasteiger partial charge in [0.1, 0.15) is 17.1 Å². The molecule has 0 aliphatic carbocycles. The predicted octanol–water partition coefficient (Wildman–Crippen LogP) is 7.62. The van der Waals surface area contributed by atoms with E-state index in [-0.39, 0.29) is 28.4 Å². The molecule has 0 amide bonds. The van der Waals surface area contributed by atoms with Gasteiger partial charge in [-0.15, -0.1) is 0 Å². The van der Waals surface area contributed by atoms with Crippen LogP contribution in [-0.2, 0) is 19.2 Å². The van der Waals surface area contributed by atoms with Crippen molar-refractivity contribution in [2.24, 2.45) is 0 Å². The third kappa shape index (κ3) is 11.0. The van der Waals surface area contributed by atoms with Gasteiger partial charge in [0.2, 0.25) is 11.7 Å². The summed E-state index contributed by atoms with van der Waals surface area (Å²) in [6, 6.07) is 22.5. The van der Waals surface area contributed by atoms with Gasteiger partial charge in [-0.3, -0.25) is 0 Å². The molecule has 0 heterocycles. The van der Waals surface area contributed by atoms with Gasteiger partial charge < -0.3 is 18.9 Å². The highest BCUT2D eigenvalue weighted by Gasteiger charge is 2.20. The van der Waals surface area contributed by atoms with Crippen molar-refractivity contribution in [3.05, 3.63) is 168 Å². The fourth-order valence-corrected chi connectivity index (χ4v) is 3.97. The molecule has 52 heavy (non-hydrogen) atoms. The second kappa shape index (κ2) is 17.7. The molecule has 0 fully saturated rings. The van der Waals surface area contributed by atoms with E-state index in [2.05, 4.69) is 50.0 Å². The van der Waals surface area contributed by atoms with Gasteiger partial charge in [-0.2, -0.15) is 8.78 Å². The van der Waals surface area contributed by atoms with E-state index in [4.69, 9.17) is 18.9 Å². The molecular formula is C42H26F2O8. The first kappa shape index (κ1) is 37.3. The van der Waals surface area contributed by atoms with Crippen molar-refractivity contribution in [3.8, 4) is 46.7 Å². The summed E-state index contributed by atoms with van der Waals surface area (Å²) in [5.41, 5.74) is 2.57. The van der Waals surface area contributed by atoms with Crippen molar-refractivity contribution < 1.29 is 46.9 Å². The van der Waals surface area contributed by atoms with Crippen LogP contribution < -0.4 is 18.9 Å². The number of halogens is 2. The van der Waals surface area contributed by atoms with Gasteiger partial charge >= 0.3 is 23.9 Å². The third-order valence-electron chi connectivity index (χ3n) is 6.48. The molecule has 10 heteroatoms. The molecule has 0 saturated heterocycles. The van der Waals surface area contributed by atoms with Gasteiger partial charge in [0.15, 0.2) is 11.5 Å². The lowest BCUT2D eigenvalue weighted by molar-refractivity contribution is -0.132. The van der Waals surface area contributed by atoms with Crippen LogP contribution >= 0.6 is 0 Å². The summed E-state index contributed by atoms with van der Waals surface area (Å²) >= 11 is 0. The molecule has 0 aliphatic heterocycles. The molecule has 256 valence electrons. The number of hydrogen-bond donors (Lipinski definition) is 0. The Kier molecular flexibility index (Phi) is 12.7. The Morgan fingerprint density at radius 3 is 1.31 bits per heavy atom. The largest absolute Gasteiger partial charge is 0.423 e. The van der Waals surface area contributed by atoms with Crippen LogP contribution in [0.25, 0.3) is 12.2 Å². The topological polar surface area (TPSA) is 105 Å². The van der Waals surface area contributed by atoms with Crippen molar-refractivity contribution in [1.82, 2.24) is 0 Å². The first-order valence-electron chi connectivity index (χ1n) is 15.0. The van der Waals surface area contributed by atoms with Crippen LogP contribution in [0, 0.1) is 23.7 Å². The van der Waals surface area contributed by atoms with Crippen molar-refractivity contribution in [1.29, 1.82) is 0 Å². The fourth-order valence-electron chi connectivity index (χ4n) is 3.97. The smallest absolute Gasteiger partial charge is 0.371 e. The highest BCUT2D eigenvalue weighted by molar-refractivity contribution is 5.89. The van der Waals surface area contributed by atoms with E-state index in [0.717, 1.165) is 23.3 Å². The predicted molar refractivity (Wildman–Crippen MR) is 190 cm³/mol. The average Bonchev–Trinajstić information content (AvgIpc) is 3.14. The number of carbonyl (C=O) groups excluding carboxylic acids is 4. The number of esters is 4.